The van der Waals surface area contributed by atoms with E-state index >= 15 is 0 Å². The van der Waals surface area contributed by atoms with Crippen LogP contribution in [0.3, 0.4) is 0 Å². The first-order valence-electron chi connectivity index (χ1n) is 9.93. The van der Waals surface area contributed by atoms with Crippen LogP contribution in [0.15, 0.2) is 82.6 Å². The molecule has 0 aliphatic carbocycles. The van der Waals surface area contributed by atoms with Gasteiger partial charge in [-0.3, -0.25) is 9.59 Å². The predicted molar refractivity (Wildman–Crippen MR) is 124 cm³/mol. The molecule has 5 nitrogen and oxygen atoms in total. The van der Waals surface area contributed by atoms with Crippen LogP contribution in [-0.4, -0.2) is 25.5 Å². The maximum atomic E-state index is 12.6. The van der Waals surface area contributed by atoms with Crippen molar-refractivity contribution in [3.63, 3.8) is 0 Å². The van der Waals surface area contributed by atoms with Gasteiger partial charge in [-0.05, 0) is 54.0 Å². The fourth-order valence-electron chi connectivity index (χ4n) is 3.22. The summed E-state index contributed by atoms with van der Waals surface area (Å²) in [5.41, 5.74) is 3.26. The van der Waals surface area contributed by atoms with Crippen LogP contribution in [0, 0.1) is 0 Å². The Morgan fingerprint density at radius 1 is 1.06 bits per heavy atom. The summed E-state index contributed by atoms with van der Waals surface area (Å²) in [5.74, 6) is 0.426. The number of amides is 2. The normalized spacial score (nSPS) is 14.0. The first-order chi connectivity index (χ1) is 15.1. The summed E-state index contributed by atoms with van der Waals surface area (Å²) in [7, 11) is 1.62. The van der Waals surface area contributed by atoms with Gasteiger partial charge in [0, 0.05) is 17.0 Å². The van der Waals surface area contributed by atoms with Crippen LogP contribution < -0.4 is 15.4 Å². The van der Waals surface area contributed by atoms with Gasteiger partial charge in [-0.25, -0.2) is 0 Å². The molecule has 0 aromatic heterocycles. The Labute approximate surface area is 185 Å². The second kappa shape index (κ2) is 9.53. The first-order valence-corrected chi connectivity index (χ1v) is 10.7. The van der Waals surface area contributed by atoms with Gasteiger partial charge in [-0.1, -0.05) is 54.2 Å². The summed E-state index contributed by atoms with van der Waals surface area (Å²) in [5, 5.41) is 5.83. The van der Waals surface area contributed by atoms with Crippen LogP contribution >= 0.6 is 11.8 Å². The van der Waals surface area contributed by atoms with Gasteiger partial charge in [0.25, 0.3) is 11.8 Å². The van der Waals surface area contributed by atoms with Gasteiger partial charge in [-0.15, -0.1) is 0 Å². The summed E-state index contributed by atoms with van der Waals surface area (Å²) in [6.07, 6.45) is 2.61. The van der Waals surface area contributed by atoms with Crippen molar-refractivity contribution < 1.29 is 14.3 Å². The SMILES string of the molecule is COc1ccc(/C=C2/Sc3ccc(C(=O)NCCc4ccccc4)cc3NC2=O)cc1. The number of rotatable bonds is 6. The smallest absolute Gasteiger partial charge is 0.262 e. The number of hydrogen-bond acceptors (Lipinski definition) is 4. The number of anilines is 1. The molecule has 0 bridgehead atoms. The number of fused-ring (bicyclic) bond motifs is 1. The lowest BCUT2D eigenvalue weighted by Gasteiger charge is -2.19. The molecule has 31 heavy (non-hydrogen) atoms. The van der Waals surface area contributed by atoms with Crippen LogP contribution in [0.2, 0.25) is 0 Å². The zero-order chi connectivity index (χ0) is 21.6. The molecule has 1 heterocycles. The van der Waals surface area contributed by atoms with Crippen molar-refractivity contribution in [3.8, 4) is 5.75 Å². The van der Waals surface area contributed by atoms with Crippen LogP contribution in [0.5, 0.6) is 5.75 Å². The minimum absolute atomic E-state index is 0.155. The second-order valence-electron chi connectivity index (χ2n) is 7.04. The van der Waals surface area contributed by atoms with E-state index in [4.69, 9.17) is 4.74 Å². The van der Waals surface area contributed by atoms with Gasteiger partial charge >= 0.3 is 0 Å². The molecular formula is C25H22N2O3S. The maximum absolute atomic E-state index is 12.6. The fraction of sp³-hybridized carbons (Fsp3) is 0.120. The molecule has 1 aliphatic rings. The van der Waals surface area contributed by atoms with Crippen molar-refractivity contribution >= 4 is 35.3 Å². The van der Waals surface area contributed by atoms with Gasteiger partial charge < -0.3 is 15.4 Å². The van der Waals surface area contributed by atoms with Gasteiger partial charge in [0.1, 0.15) is 5.75 Å². The van der Waals surface area contributed by atoms with E-state index in [9.17, 15) is 9.59 Å². The maximum Gasteiger partial charge on any atom is 0.262 e. The molecule has 0 saturated carbocycles. The summed E-state index contributed by atoms with van der Waals surface area (Å²) in [4.78, 5) is 26.6. The average Bonchev–Trinajstić information content (AvgIpc) is 2.80. The number of thioether (sulfide) groups is 1. The molecule has 0 spiro atoms. The Balaban J connectivity index is 1.42. The van der Waals surface area contributed by atoms with Gasteiger partial charge in [-0.2, -0.15) is 0 Å². The minimum atomic E-state index is -0.185. The molecule has 0 radical (unpaired) electrons. The summed E-state index contributed by atoms with van der Waals surface area (Å²) < 4.78 is 5.17. The Kier molecular flexibility index (Phi) is 6.38. The highest BCUT2D eigenvalue weighted by molar-refractivity contribution is 8.04. The zero-order valence-corrected chi connectivity index (χ0v) is 17.9. The van der Waals surface area contributed by atoms with E-state index in [1.54, 1.807) is 19.2 Å². The van der Waals surface area contributed by atoms with Crippen molar-refractivity contribution in [3.05, 3.63) is 94.4 Å². The third-order valence-electron chi connectivity index (χ3n) is 4.89. The highest BCUT2D eigenvalue weighted by Crippen LogP contribution is 2.39. The largest absolute Gasteiger partial charge is 0.497 e. The minimum Gasteiger partial charge on any atom is -0.497 e. The highest BCUT2D eigenvalue weighted by atomic mass is 32.2. The van der Waals surface area contributed by atoms with E-state index in [0.29, 0.717) is 22.7 Å². The average molecular weight is 431 g/mol. The van der Waals surface area contributed by atoms with Crippen molar-refractivity contribution in [1.29, 1.82) is 0 Å². The molecule has 4 rings (SSSR count). The number of hydrogen-bond donors (Lipinski definition) is 2. The highest BCUT2D eigenvalue weighted by Gasteiger charge is 2.22. The van der Waals surface area contributed by atoms with Gasteiger partial charge in [0.15, 0.2) is 0 Å². The molecule has 3 aromatic rings. The molecular weight excluding hydrogens is 408 g/mol. The Bertz CT molecular complexity index is 1130. The molecule has 0 unspecified atom stereocenters. The van der Waals surface area contributed by atoms with Crippen molar-refractivity contribution in [2.75, 3.05) is 19.0 Å². The number of nitrogens with one attached hydrogen (secondary N) is 2. The predicted octanol–water partition coefficient (Wildman–Crippen LogP) is 4.75. The molecule has 1 aliphatic heterocycles. The zero-order valence-electron chi connectivity index (χ0n) is 17.1. The van der Waals surface area contributed by atoms with Crippen LogP contribution in [0.1, 0.15) is 21.5 Å². The van der Waals surface area contributed by atoms with Crippen molar-refractivity contribution in [2.45, 2.75) is 11.3 Å². The van der Waals surface area contributed by atoms with E-state index in [2.05, 4.69) is 10.6 Å². The molecule has 0 fully saturated rings. The van der Waals surface area contributed by atoms with Gasteiger partial charge in [0.05, 0.1) is 17.7 Å². The van der Waals surface area contributed by atoms with Crippen LogP contribution in [-0.2, 0) is 11.2 Å². The molecule has 6 heteroatoms. The quantitative estimate of drug-likeness (QED) is 0.554. The lowest BCUT2D eigenvalue weighted by atomic mass is 10.1. The van der Waals surface area contributed by atoms with Crippen LogP contribution in [0.25, 0.3) is 6.08 Å². The topological polar surface area (TPSA) is 67.4 Å². The fourth-order valence-corrected chi connectivity index (χ4v) is 4.15. The van der Waals surface area contributed by atoms with Crippen molar-refractivity contribution in [1.82, 2.24) is 5.32 Å². The molecule has 2 amide bonds. The number of benzene rings is 3. The molecule has 2 N–H and O–H groups in total. The van der Waals surface area contributed by atoms with Gasteiger partial charge in [0.2, 0.25) is 0 Å². The lowest BCUT2D eigenvalue weighted by Crippen LogP contribution is -2.26. The van der Waals surface area contributed by atoms with E-state index in [1.807, 2.05) is 66.7 Å². The standard InChI is InChI=1S/C25H22N2O3S/c1-30-20-10-7-18(8-11-20)15-23-25(29)27-21-16-19(9-12-22(21)31-23)24(28)26-14-13-17-5-3-2-4-6-17/h2-12,15-16H,13-14H2,1H3,(H,26,28)(H,27,29)/b23-15+. The third-order valence-corrected chi connectivity index (χ3v) is 5.99. The number of ether oxygens (including phenoxy) is 1. The van der Waals surface area contributed by atoms with Crippen molar-refractivity contribution in [2.24, 2.45) is 0 Å². The second-order valence-corrected chi connectivity index (χ2v) is 8.12. The van der Waals surface area contributed by atoms with E-state index in [1.165, 1.54) is 17.3 Å². The molecule has 156 valence electrons. The Hall–Kier alpha value is -3.51. The molecule has 0 saturated heterocycles. The molecule has 0 atom stereocenters. The third kappa shape index (κ3) is 5.16. The number of carbonyl (C=O) groups excluding carboxylic acids is 2. The molecule has 3 aromatic carbocycles. The summed E-state index contributed by atoms with van der Waals surface area (Å²) in [6.45, 7) is 0.551. The Morgan fingerprint density at radius 3 is 2.58 bits per heavy atom. The van der Waals surface area contributed by atoms with Crippen LogP contribution in [0.4, 0.5) is 5.69 Å². The van der Waals surface area contributed by atoms with E-state index < -0.39 is 0 Å². The van der Waals surface area contributed by atoms with E-state index in [-0.39, 0.29) is 11.8 Å². The van der Waals surface area contributed by atoms with E-state index in [0.717, 1.165) is 22.6 Å². The Morgan fingerprint density at radius 2 is 1.84 bits per heavy atom. The monoisotopic (exact) mass is 430 g/mol. The lowest BCUT2D eigenvalue weighted by molar-refractivity contribution is -0.112. The summed E-state index contributed by atoms with van der Waals surface area (Å²) in [6, 6.07) is 22.9. The summed E-state index contributed by atoms with van der Waals surface area (Å²) >= 11 is 1.39. The first kappa shape index (κ1) is 20.8. The number of carbonyl (C=O) groups is 2. The number of methoxy groups -OCH3 is 1.